The standard InChI is InChI=1S/C36H50O8/c1-32(2,41)16-15-30(39)35(5,42)29-14-18-36(43)24-19-26(37)25-20-27(38)28(21-33(25,3)23(24)13-17-34(29,36)4)44-31(40)12-11-22-9-7-6-8-10-22/h6-12,19,23,25,27-30,38-39,41-43H,13-18,20-21H2,1-5H3. The molecule has 0 radical (unpaired) electrons. The third-order valence-corrected chi connectivity index (χ3v) is 12.0. The fraction of sp³-hybridized carbons (Fsp3) is 0.667. The predicted octanol–water partition coefficient (Wildman–Crippen LogP) is 4.12. The highest BCUT2D eigenvalue weighted by Gasteiger charge is 2.69. The topological polar surface area (TPSA) is 145 Å². The second-order valence-electron chi connectivity index (χ2n) is 15.3. The summed E-state index contributed by atoms with van der Waals surface area (Å²) in [6, 6.07) is 9.38. The number of allylic oxidation sites excluding steroid dienone is 1. The van der Waals surface area contributed by atoms with Gasteiger partial charge in [-0.2, -0.15) is 0 Å². The maximum absolute atomic E-state index is 13.7. The minimum Gasteiger partial charge on any atom is -0.456 e. The molecule has 44 heavy (non-hydrogen) atoms. The summed E-state index contributed by atoms with van der Waals surface area (Å²) < 4.78 is 5.77. The van der Waals surface area contributed by atoms with Crippen LogP contribution in [0.1, 0.15) is 91.5 Å². The summed E-state index contributed by atoms with van der Waals surface area (Å²) >= 11 is 0. The largest absolute Gasteiger partial charge is 0.456 e. The molecule has 0 spiro atoms. The number of rotatable bonds is 8. The van der Waals surface area contributed by atoms with Gasteiger partial charge in [-0.25, -0.2) is 4.79 Å². The van der Waals surface area contributed by atoms with Crippen LogP contribution in [0.15, 0.2) is 48.1 Å². The Kier molecular flexibility index (Phi) is 8.60. The zero-order valence-electron chi connectivity index (χ0n) is 26.7. The Balaban J connectivity index is 1.38. The molecule has 1 aromatic rings. The summed E-state index contributed by atoms with van der Waals surface area (Å²) in [5, 5.41) is 56.5. The Morgan fingerprint density at radius 1 is 1.09 bits per heavy atom. The Morgan fingerprint density at radius 2 is 1.77 bits per heavy atom. The smallest absolute Gasteiger partial charge is 0.331 e. The van der Waals surface area contributed by atoms with Crippen LogP contribution in [-0.2, 0) is 14.3 Å². The van der Waals surface area contributed by atoms with Gasteiger partial charge in [-0.3, -0.25) is 4.79 Å². The summed E-state index contributed by atoms with van der Waals surface area (Å²) in [7, 11) is 0. The van der Waals surface area contributed by atoms with E-state index in [1.807, 2.05) is 44.2 Å². The van der Waals surface area contributed by atoms with Crippen LogP contribution in [0.4, 0.5) is 0 Å². The third kappa shape index (κ3) is 5.62. The minimum atomic E-state index is -1.51. The van der Waals surface area contributed by atoms with Crippen LogP contribution in [0.3, 0.4) is 0 Å². The van der Waals surface area contributed by atoms with E-state index in [1.165, 1.54) is 6.08 Å². The van der Waals surface area contributed by atoms with Gasteiger partial charge in [0.2, 0.25) is 0 Å². The highest BCUT2D eigenvalue weighted by atomic mass is 16.6. The molecule has 4 aliphatic carbocycles. The van der Waals surface area contributed by atoms with E-state index in [0.717, 1.165) is 5.56 Å². The lowest BCUT2D eigenvalue weighted by Crippen LogP contribution is -2.63. The van der Waals surface area contributed by atoms with Crippen molar-refractivity contribution in [2.75, 3.05) is 0 Å². The van der Waals surface area contributed by atoms with E-state index >= 15 is 0 Å². The van der Waals surface area contributed by atoms with Gasteiger partial charge in [0.1, 0.15) is 6.10 Å². The fourth-order valence-corrected chi connectivity index (χ4v) is 9.34. The summed E-state index contributed by atoms with van der Waals surface area (Å²) in [5.74, 6) is -1.75. The van der Waals surface area contributed by atoms with Crippen LogP contribution in [0.5, 0.6) is 0 Å². The van der Waals surface area contributed by atoms with Gasteiger partial charge in [0.05, 0.1) is 29.0 Å². The van der Waals surface area contributed by atoms with Crippen molar-refractivity contribution in [3.05, 3.63) is 53.6 Å². The number of hydrogen-bond donors (Lipinski definition) is 5. The number of esters is 1. The van der Waals surface area contributed by atoms with Gasteiger partial charge in [-0.15, -0.1) is 0 Å². The number of fused-ring (bicyclic) bond motifs is 5. The molecule has 8 nitrogen and oxygen atoms in total. The van der Waals surface area contributed by atoms with Gasteiger partial charge in [0.15, 0.2) is 5.78 Å². The molecule has 0 aromatic heterocycles. The average Bonchev–Trinajstić information content (AvgIpc) is 3.24. The SMILES string of the molecule is CC(C)(O)CCC(O)C(C)(O)C1CCC2(O)C3=CC(=O)C4CC(O)C(OC(=O)C=Cc5ccccc5)CC4(C)C3CCC12C. The molecule has 8 heteroatoms. The number of carbonyl (C=O) groups is 2. The maximum Gasteiger partial charge on any atom is 0.331 e. The minimum absolute atomic E-state index is 0.135. The molecule has 242 valence electrons. The Labute approximate surface area is 260 Å². The molecule has 10 atom stereocenters. The van der Waals surface area contributed by atoms with E-state index in [9.17, 15) is 35.1 Å². The number of ketones is 1. The monoisotopic (exact) mass is 610 g/mol. The molecule has 5 rings (SSSR count). The van der Waals surface area contributed by atoms with Crippen molar-refractivity contribution in [2.24, 2.45) is 28.6 Å². The van der Waals surface area contributed by atoms with E-state index in [-0.39, 0.29) is 24.5 Å². The first kappa shape index (κ1) is 33.0. The van der Waals surface area contributed by atoms with Gasteiger partial charge >= 0.3 is 5.97 Å². The molecule has 0 saturated heterocycles. The van der Waals surface area contributed by atoms with E-state index in [0.29, 0.717) is 44.1 Å². The van der Waals surface area contributed by atoms with Gasteiger partial charge in [0, 0.05) is 17.4 Å². The zero-order chi connectivity index (χ0) is 32.3. The van der Waals surface area contributed by atoms with Crippen molar-refractivity contribution in [3.63, 3.8) is 0 Å². The normalized spacial score (nSPS) is 39.1. The second kappa shape index (κ2) is 11.5. The predicted molar refractivity (Wildman–Crippen MR) is 166 cm³/mol. The highest BCUT2D eigenvalue weighted by molar-refractivity contribution is 5.95. The quantitative estimate of drug-likeness (QED) is 0.218. The van der Waals surface area contributed by atoms with Crippen molar-refractivity contribution >= 4 is 17.8 Å². The first-order valence-electron chi connectivity index (χ1n) is 16.2. The molecular formula is C36H50O8. The Hall–Kier alpha value is -2.36. The van der Waals surface area contributed by atoms with Gasteiger partial charge in [-0.05, 0) is 113 Å². The highest BCUT2D eigenvalue weighted by Crippen LogP contribution is 2.68. The van der Waals surface area contributed by atoms with Crippen molar-refractivity contribution in [2.45, 2.75) is 121 Å². The van der Waals surface area contributed by atoms with Crippen LogP contribution in [0, 0.1) is 28.6 Å². The summed E-state index contributed by atoms with van der Waals surface area (Å²) in [4.78, 5) is 26.5. The molecule has 10 unspecified atom stereocenters. The number of carbonyl (C=O) groups excluding carboxylic acids is 2. The third-order valence-electron chi connectivity index (χ3n) is 12.0. The molecule has 1 aromatic carbocycles. The molecule has 0 aliphatic heterocycles. The van der Waals surface area contributed by atoms with Crippen molar-refractivity contribution in [3.8, 4) is 0 Å². The molecular weight excluding hydrogens is 560 g/mol. The van der Waals surface area contributed by atoms with Crippen LogP contribution in [0.25, 0.3) is 6.08 Å². The van der Waals surface area contributed by atoms with Crippen LogP contribution in [-0.4, -0.2) is 72.4 Å². The van der Waals surface area contributed by atoms with Gasteiger partial charge < -0.3 is 30.3 Å². The lowest BCUT2D eigenvalue weighted by molar-refractivity contribution is -0.181. The van der Waals surface area contributed by atoms with Crippen molar-refractivity contribution in [1.82, 2.24) is 0 Å². The maximum atomic E-state index is 13.7. The summed E-state index contributed by atoms with van der Waals surface area (Å²) in [6.45, 7) is 8.95. The van der Waals surface area contributed by atoms with E-state index in [2.05, 4.69) is 0 Å². The lowest BCUT2D eigenvalue weighted by Gasteiger charge is -2.60. The summed E-state index contributed by atoms with van der Waals surface area (Å²) in [6.07, 6.45) is 4.82. The summed E-state index contributed by atoms with van der Waals surface area (Å²) in [5.41, 5.74) is -3.75. The Bertz CT molecular complexity index is 1310. The number of ether oxygens (including phenoxy) is 1. The van der Waals surface area contributed by atoms with Crippen molar-refractivity contribution in [1.29, 1.82) is 0 Å². The Morgan fingerprint density at radius 3 is 2.43 bits per heavy atom. The first-order chi connectivity index (χ1) is 20.4. The van der Waals surface area contributed by atoms with Crippen LogP contribution in [0.2, 0.25) is 0 Å². The van der Waals surface area contributed by atoms with Crippen LogP contribution < -0.4 is 0 Å². The van der Waals surface area contributed by atoms with E-state index in [1.54, 1.807) is 32.9 Å². The van der Waals surface area contributed by atoms with Crippen molar-refractivity contribution < 1.29 is 39.9 Å². The molecule has 0 amide bonds. The van der Waals surface area contributed by atoms with Crippen LogP contribution >= 0.6 is 0 Å². The zero-order valence-corrected chi connectivity index (χ0v) is 26.7. The number of hydrogen-bond acceptors (Lipinski definition) is 8. The average molecular weight is 611 g/mol. The molecule has 3 saturated carbocycles. The fourth-order valence-electron chi connectivity index (χ4n) is 9.34. The number of aliphatic hydroxyl groups is 5. The molecule has 0 heterocycles. The number of aliphatic hydroxyl groups excluding tert-OH is 2. The molecule has 5 N–H and O–H groups in total. The molecule has 0 bridgehead atoms. The van der Waals surface area contributed by atoms with E-state index < -0.39 is 63.8 Å². The number of benzene rings is 1. The molecule has 3 fully saturated rings. The van der Waals surface area contributed by atoms with Gasteiger partial charge in [-0.1, -0.05) is 44.2 Å². The lowest BCUT2D eigenvalue weighted by atomic mass is 9.45. The van der Waals surface area contributed by atoms with E-state index in [4.69, 9.17) is 4.74 Å². The first-order valence-corrected chi connectivity index (χ1v) is 16.2. The van der Waals surface area contributed by atoms with Gasteiger partial charge in [0.25, 0.3) is 0 Å². The second-order valence-corrected chi connectivity index (χ2v) is 15.3. The molecule has 4 aliphatic rings.